The smallest absolute Gasteiger partial charge is 0.266 e. The standard InChI is InChI=1S/C14H13NO4S2/c1-8(13(17)18)15-12(16)11(21-14(15)20)7-9-5-3-4-6-10(9)19-2/h3-8H,1-2H3,(H,17,18)/p-1/b11-7+/t8-/m0/s1. The van der Waals surface area contributed by atoms with Crippen molar-refractivity contribution >= 4 is 46.3 Å². The van der Waals surface area contributed by atoms with Gasteiger partial charge in [0.2, 0.25) is 0 Å². The van der Waals surface area contributed by atoms with E-state index >= 15 is 0 Å². The van der Waals surface area contributed by atoms with Gasteiger partial charge in [0, 0.05) is 5.56 Å². The lowest BCUT2D eigenvalue weighted by atomic mass is 10.2. The summed E-state index contributed by atoms with van der Waals surface area (Å²) < 4.78 is 5.42. The van der Waals surface area contributed by atoms with E-state index in [1.807, 2.05) is 12.1 Å². The van der Waals surface area contributed by atoms with E-state index in [2.05, 4.69) is 0 Å². The maximum Gasteiger partial charge on any atom is 0.266 e. The summed E-state index contributed by atoms with van der Waals surface area (Å²) in [4.78, 5) is 24.6. The Hall–Kier alpha value is -1.86. The van der Waals surface area contributed by atoms with Gasteiger partial charge in [0.05, 0.1) is 24.0 Å². The Morgan fingerprint density at radius 2 is 2.14 bits per heavy atom. The van der Waals surface area contributed by atoms with Gasteiger partial charge in [-0.05, 0) is 19.1 Å². The van der Waals surface area contributed by atoms with E-state index in [-0.39, 0.29) is 4.32 Å². The van der Waals surface area contributed by atoms with E-state index < -0.39 is 17.9 Å². The molecule has 1 aliphatic heterocycles. The Morgan fingerprint density at radius 1 is 1.48 bits per heavy atom. The Balaban J connectivity index is 2.34. The molecule has 0 aliphatic carbocycles. The number of carboxylic acids is 1. The van der Waals surface area contributed by atoms with Crippen molar-refractivity contribution in [2.75, 3.05) is 7.11 Å². The molecule has 110 valence electrons. The van der Waals surface area contributed by atoms with E-state index in [4.69, 9.17) is 17.0 Å². The molecule has 1 saturated heterocycles. The minimum absolute atomic E-state index is 0.206. The molecule has 1 heterocycles. The highest BCUT2D eigenvalue weighted by atomic mass is 32.2. The lowest BCUT2D eigenvalue weighted by Crippen LogP contribution is -2.48. The van der Waals surface area contributed by atoms with Crippen LogP contribution in [0.25, 0.3) is 6.08 Å². The molecule has 0 aromatic heterocycles. The first-order chi connectivity index (χ1) is 9.95. The van der Waals surface area contributed by atoms with Crippen LogP contribution < -0.4 is 9.84 Å². The number of benzene rings is 1. The number of hydrogen-bond donors (Lipinski definition) is 0. The van der Waals surface area contributed by atoms with Gasteiger partial charge in [0.25, 0.3) is 5.91 Å². The molecule has 1 fully saturated rings. The van der Waals surface area contributed by atoms with E-state index in [1.54, 1.807) is 18.2 Å². The van der Waals surface area contributed by atoms with E-state index in [0.29, 0.717) is 10.7 Å². The first-order valence-electron chi connectivity index (χ1n) is 6.06. The molecule has 1 aliphatic rings. The summed E-state index contributed by atoms with van der Waals surface area (Å²) in [5.74, 6) is -1.16. The summed E-state index contributed by atoms with van der Waals surface area (Å²) in [5, 5.41) is 10.9. The van der Waals surface area contributed by atoms with E-state index in [0.717, 1.165) is 22.2 Å². The molecule has 0 spiro atoms. The number of rotatable bonds is 4. The molecule has 0 radical (unpaired) electrons. The van der Waals surface area contributed by atoms with Gasteiger partial charge in [-0.2, -0.15) is 0 Å². The van der Waals surface area contributed by atoms with Gasteiger partial charge in [-0.1, -0.05) is 42.2 Å². The number of aliphatic carboxylic acids is 1. The minimum atomic E-state index is -1.34. The van der Waals surface area contributed by atoms with Crippen molar-refractivity contribution in [3.63, 3.8) is 0 Å². The summed E-state index contributed by atoms with van der Waals surface area (Å²) in [6.45, 7) is 1.37. The van der Waals surface area contributed by atoms with Crippen LogP contribution in [-0.4, -0.2) is 34.2 Å². The fourth-order valence-corrected chi connectivity index (χ4v) is 3.26. The molecule has 21 heavy (non-hydrogen) atoms. The number of carbonyl (C=O) groups is 2. The Labute approximate surface area is 131 Å². The van der Waals surface area contributed by atoms with Crippen LogP contribution in [0.4, 0.5) is 0 Å². The van der Waals surface area contributed by atoms with Crippen LogP contribution in [-0.2, 0) is 9.59 Å². The SMILES string of the molecule is COc1ccccc1/C=C1/SC(=S)N([C@@H](C)C(=O)[O-])C1=O. The molecule has 0 N–H and O–H groups in total. The maximum absolute atomic E-state index is 12.3. The molecule has 1 atom stereocenters. The predicted octanol–water partition coefficient (Wildman–Crippen LogP) is 1.03. The normalized spacial score (nSPS) is 18.2. The van der Waals surface area contributed by atoms with E-state index in [1.165, 1.54) is 14.0 Å². The minimum Gasteiger partial charge on any atom is -0.548 e. The quantitative estimate of drug-likeness (QED) is 0.609. The highest BCUT2D eigenvalue weighted by Crippen LogP contribution is 2.35. The molecule has 1 aromatic rings. The molecular formula is C14H12NO4S2-. The van der Waals surface area contributed by atoms with Crippen LogP contribution in [0.5, 0.6) is 5.75 Å². The topological polar surface area (TPSA) is 69.7 Å². The van der Waals surface area contributed by atoms with Crippen LogP contribution in [0.15, 0.2) is 29.2 Å². The van der Waals surface area contributed by atoms with Crippen LogP contribution in [0.2, 0.25) is 0 Å². The number of carbonyl (C=O) groups excluding carboxylic acids is 2. The predicted molar refractivity (Wildman–Crippen MR) is 82.5 cm³/mol. The van der Waals surface area contributed by atoms with Crippen LogP contribution >= 0.6 is 24.0 Å². The number of para-hydroxylation sites is 1. The summed E-state index contributed by atoms with van der Waals surface area (Å²) in [6, 6.07) is 6.11. The number of hydrogen-bond acceptors (Lipinski definition) is 6. The van der Waals surface area contributed by atoms with E-state index in [9.17, 15) is 14.7 Å². The molecule has 1 aromatic carbocycles. The molecule has 0 bridgehead atoms. The van der Waals surface area contributed by atoms with Crippen molar-refractivity contribution in [3.8, 4) is 5.75 Å². The van der Waals surface area contributed by atoms with Crippen LogP contribution in [0, 0.1) is 0 Å². The van der Waals surface area contributed by atoms with Crippen molar-refractivity contribution in [1.29, 1.82) is 0 Å². The summed E-state index contributed by atoms with van der Waals surface area (Å²) in [7, 11) is 1.54. The number of nitrogens with zero attached hydrogens (tertiary/aromatic N) is 1. The number of carboxylic acid groups (broad SMARTS) is 1. The van der Waals surface area contributed by atoms with Crippen LogP contribution in [0.3, 0.4) is 0 Å². The van der Waals surface area contributed by atoms with Crippen molar-refractivity contribution in [2.24, 2.45) is 0 Å². The van der Waals surface area contributed by atoms with Gasteiger partial charge in [-0.3, -0.25) is 9.69 Å². The Kier molecular flexibility index (Phi) is 4.64. The number of ether oxygens (including phenoxy) is 1. The second-order valence-electron chi connectivity index (χ2n) is 4.29. The van der Waals surface area contributed by atoms with Crippen molar-refractivity contribution in [2.45, 2.75) is 13.0 Å². The van der Waals surface area contributed by atoms with Crippen molar-refractivity contribution in [1.82, 2.24) is 4.90 Å². The molecule has 5 nitrogen and oxygen atoms in total. The molecule has 0 saturated carbocycles. The summed E-state index contributed by atoms with van der Waals surface area (Å²) in [5.41, 5.74) is 0.724. The number of methoxy groups -OCH3 is 1. The van der Waals surface area contributed by atoms with Crippen molar-refractivity contribution in [3.05, 3.63) is 34.7 Å². The Morgan fingerprint density at radius 3 is 2.76 bits per heavy atom. The Bertz CT molecular complexity index is 642. The zero-order valence-electron chi connectivity index (χ0n) is 11.4. The van der Waals surface area contributed by atoms with Gasteiger partial charge >= 0.3 is 0 Å². The van der Waals surface area contributed by atoms with Crippen molar-refractivity contribution < 1.29 is 19.4 Å². The third-order valence-corrected chi connectivity index (χ3v) is 4.31. The first kappa shape index (κ1) is 15.5. The molecule has 0 unspecified atom stereocenters. The average Bonchev–Trinajstić information content (AvgIpc) is 2.73. The third kappa shape index (κ3) is 3.08. The first-order valence-corrected chi connectivity index (χ1v) is 7.29. The largest absolute Gasteiger partial charge is 0.548 e. The van der Waals surface area contributed by atoms with Gasteiger partial charge in [0.15, 0.2) is 0 Å². The van der Waals surface area contributed by atoms with Gasteiger partial charge in [-0.25, -0.2) is 0 Å². The summed E-state index contributed by atoms with van der Waals surface area (Å²) >= 11 is 6.14. The lowest BCUT2D eigenvalue weighted by molar-refractivity contribution is -0.309. The third-order valence-electron chi connectivity index (χ3n) is 2.98. The maximum atomic E-state index is 12.3. The number of thioether (sulfide) groups is 1. The summed E-state index contributed by atoms with van der Waals surface area (Å²) in [6.07, 6.45) is 1.64. The highest BCUT2D eigenvalue weighted by Gasteiger charge is 2.35. The van der Waals surface area contributed by atoms with Gasteiger partial charge in [0.1, 0.15) is 10.1 Å². The second kappa shape index (κ2) is 6.28. The monoisotopic (exact) mass is 322 g/mol. The molecule has 7 heteroatoms. The second-order valence-corrected chi connectivity index (χ2v) is 5.96. The number of thiocarbonyl (C=S) groups is 1. The fraction of sp³-hybridized carbons (Fsp3) is 0.214. The van der Waals surface area contributed by atoms with Crippen LogP contribution in [0.1, 0.15) is 12.5 Å². The zero-order valence-corrected chi connectivity index (χ0v) is 13.0. The highest BCUT2D eigenvalue weighted by molar-refractivity contribution is 8.26. The average molecular weight is 322 g/mol. The number of amides is 1. The molecule has 1 amide bonds. The zero-order chi connectivity index (χ0) is 15.6. The lowest BCUT2D eigenvalue weighted by Gasteiger charge is -2.23. The van der Waals surface area contributed by atoms with Gasteiger partial charge < -0.3 is 14.6 Å². The fourth-order valence-electron chi connectivity index (χ4n) is 1.85. The molecule has 2 rings (SSSR count). The molecular weight excluding hydrogens is 310 g/mol. The van der Waals surface area contributed by atoms with Gasteiger partial charge in [-0.15, -0.1) is 0 Å².